The van der Waals surface area contributed by atoms with E-state index in [2.05, 4.69) is 5.32 Å². The number of nitrogens with two attached hydrogens (primary N) is 1. The Bertz CT molecular complexity index is 512. The van der Waals surface area contributed by atoms with Crippen LogP contribution in [0, 0.1) is 0 Å². The largest absolute Gasteiger partial charge is 0.396 e. The molecular weight excluding hydrogens is 255 g/mol. The summed E-state index contributed by atoms with van der Waals surface area (Å²) in [5, 5.41) is 4.25. The van der Waals surface area contributed by atoms with Gasteiger partial charge in [0, 0.05) is 11.6 Å². The van der Waals surface area contributed by atoms with Crippen molar-refractivity contribution in [1.29, 1.82) is 0 Å². The third-order valence-corrected chi connectivity index (χ3v) is 2.95. The quantitative estimate of drug-likeness (QED) is 0.818. The van der Waals surface area contributed by atoms with Gasteiger partial charge >= 0.3 is 0 Å². The molecule has 4 heteroatoms. The number of nitrogen functional groups attached to an aromatic ring is 1. The number of hydrogen-bond acceptors (Lipinski definition) is 2. The Morgan fingerprint density at radius 3 is 2.47 bits per heavy atom. The Kier molecular flexibility index (Phi) is 3.77. The summed E-state index contributed by atoms with van der Waals surface area (Å²) < 4.78 is 0. The maximum absolute atomic E-state index is 5.95. The van der Waals surface area contributed by atoms with Crippen LogP contribution in [0.2, 0.25) is 10.0 Å². The van der Waals surface area contributed by atoms with Crippen molar-refractivity contribution in [2.75, 3.05) is 11.1 Å². The fraction of sp³-hybridized carbons (Fsp3) is 0.0769. The zero-order valence-electron chi connectivity index (χ0n) is 9.08. The van der Waals surface area contributed by atoms with Gasteiger partial charge < -0.3 is 11.1 Å². The molecule has 3 N–H and O–H groups in total. The molecule has 0 saturated carbocycles. The van der Waals surface area contributed by atoms with Crippen molar-refractivity contribution in [3.63, 3.8) is 0 Å². The fourth-order valence-electron chi connectivity index (χ4n) is 1.52. The standard InChI is InChI=1S/C13H12Cl2N2/c14-10-6-11(15)13(16)12(7-10)17-8-9-4-2-1-3-5-9/h1-7,17H,8,16H2. The highest BCUT2D eigenvalue weighted by Gasteiger charge is 2.05. The number of rotatable bonds is 3. The van der Waals surface area contributed by atoms with Crippen LogP contribution in [-0.2, 0) is 6.54 Å². The molecule has 2 aromatic rings. The van der Waals surface area contributed by atoms with Crippen molar-refractivity contribution in [3.05, 3.63) is 58.1 Å². The Labute approximate surface area is 110 Å². The van der Waals surface area contributed by atoms with E-state index in [1.54, 1.807) is 12.1 Å². The minimum Gasteiger partial charge on any atom is -0.396 e. The van der Waals surface area contributed by atoms with Gasteiger partial charge in [0.1, 0.15) is 0 Å². The van der Waals surface area contributed by atoms with Crippen molar-refractivity contribution in [3.8, 4) is 0 Å². The summed E-state index contributed by atoms with van der Waals surface area (Å²) in [5.41, 5.74) is 8.31. The fourth-order valence-corrected chi connectivity index (χ4v) is 2.02. The highest BCUT2D eigenvalue weighted by molar-refractivity contribution is 6.37. The molecule has 0 heterocycles. The molecule has 2 aromatic carbocycles. The summed E-state index contributed by atoms with van der Waals surface area (Å²) in [5.74, 6) is 0. The second kappa shape index (κ2) is 5.30. The maximum Gasteiger partial charge on any atom is 0.0740 e. The van der Waals surface area contributed by atoms with Crippen LogP contribution in [0.15, 0.2) is 42.5 Å². The van der Waals surface area contributed by atoms with Gasteiger partial charge in [-0.1, -0.05) is 53.5 Å². The van der Waals surface area contributed by atoms with Crippen molar-refractivity contribution in [2.45, 2.75) is 6.54 Å². The first-order valence-corrected chi connectivity index (χ1v) is 5.95. The molecule has 0 aliphatic carbocycles. The Balaban J connectivity index is 2.14. The zero-order chi connectivity index (χ0) is 12.3. The number of halogens is 2. The Hall–Kier alpha value is -1.38. The first-order chi connectivity index (χ1) is 8.16. The van der Waals surface area contributed by atoms with Crippen molar-refractivity contribution >= 4 is 34.6 Å². The van der Waals surface area contributed by atoms with Gasteiger partial charge in [-0.25, -0.2) is 0 Å². The van der Waals surface area contributed by atoms with Gasteiger partial charge in [-0.05, 0) is 17.7 Å². The first-order valence-electron chi connectivity index (χ1n) is 5.19. The van der Waals surface area contributed by atoms with Gasteiger partial charge in [-0.15, -0.1) is 0 Å². The van der Waals surface area contributed by atoms with Gasteiger partial charge in [0.25, 0.3) is 0 Å². The first kappa shape index (κ1) is 12.1. The number of hydrogen-bond donors (Lipinski definition) is 2. The van der Waals surface area contributed by atoms with E-state index < -0.39 is 0 Å². The predicted octanol–water partition coefficient (Wildman–Crippen LogP) is 4.19. The molecule has 0 radical (unpaired) electrons. The van der Waals surface area contributed by atoms with Crippen LogP contribution in [0.1, 0.15) is 5.56 Å². The Morgan fingerprint density at radius 1 is 1.06 bits per heavy atom. The highest BCUT2D eigenvalue weighted by Crippen LogP contribution is 2.31. The van der Waals surface area contributed by atoms with Crippen molar-refractivity contribution in [2.24, 2.45) is 0 Å². The zero-order valence-corrected chi connectivity index (χ0v) is 10.6. The third kappa shape index (κ3) is 3.05. The minimum absolute atomic E-state index is 0.466. The molecule has 2 rings (SSSR count). The minimum atomic E-state index is 0.466. The van der Waals surface area contributed by atoms with Gasteiger partial charge in [0.15, 0.2) is 0 Å². The number of anilines is 2. The molecule has 0 unspecified atom stereocenters. The summed E-state index contributed by atoms with van der Waals surface area (Å²) in [4.78, 5) is 0. The average Bonchev–Trinajstić information content (AvgIpc) is 2.33. The lowest BCUT2D eigenvalue weighted by atomic mass is 10.2. The molecule has 17 heavy (non-hydrogen) atoms. The third-order valence-electron chi connectivity index (χ3n) is 2.42. The van der Waals surface area contributed by atoms with Gasteiger partial charge in [-0.3, -0.25) is 0 Å². The van der Waals surface area contributed by atoms with Gasteiger partial charge in [0.05, 0.1) is 16.4 Å². The average molecular weight is 267 g/mol. The van der Waals surface area contributed by atoms with Crippen LogP contribution in [0.3, 0.4) is 0 Å². The molecular formula is C13H12Cl2N2. The lowest BCUT2D eigenvalue weighted by Crippen LogP contribution is -2.02. The normalized spacial score (nSPS) is 10.2. The molecule has 0 spiro atoms. The lowest BCUT2D eigenvalue weighted by Gasteiger charge is -2.11. The molecule has 0 aliphatic heterocycles. The second-order valence-electron chi connectivity index (χ2n) is 3.69. The summed E-state index contributed by atoms with van der Waals surface area (Å²) in [6.07, 6.45) is 0. The van der Waals surface area contributed by atoms with E-state index >= 15 is 0 Å². The second-order valence-corrected chi connectivity index (χ2v) is 4.53. The number of benzene rings is 2. The molecule has 0 amide bonds. The summed E-state index contributed by atoms with van der Waals surface area (Å²) in [6, 6.07) is 13.4. The number of nitrogens with one attached hydrogen (secondary N) is 1. The topological polar surface area (TPSA) is 38.0 Å². The van der Waals surface area contributed by atoms with Crippen LogP contribution in [0.5, 0.6) is 0 Å². The smallest absolute Gasteiger partial charge is 0.0740 e. The van der Waals surface area contributed by atoms with E-state index in [1.165, 1.54) is 5.56 Å². The Morgan fingerprint density at radius 2 is 1.76 bits per heavy atom. The molecule has 0 fully saturated rings. The summed E-state index contributed by atoms with van der Waals surface area (Å²) in [7, 11) is 0. The molecule has 2 nitrogen and oxygen atoms in total. The predicted molar refractivity (Wildman–Crippen MR) is 74.6 cm³/mol. The van der Waals surface area contributed by atoms with Crippen LogP contribution >= 0.6 is 23.2 Å². The highest BCUT2D eigenvalue weighted by atomic mass is 35.5. The monoisotopic (exact) mass is 266 g/mol. The van der Waals surface area contributed by atoms with E-state index in [4.69, 9.17) is 28.9 Å². The molecule has 0 bridgehead atoms. The van der Waals surface area contributed by atoms with Crippen LogP contribution in [-0.4, -0.2) is 0 Å². The lowest BCUT2D eigenvalue weighted by molar-refractivity contribution is 1.15. The van der Waals surface area contributed by atoms with E-state index in [9.17, 15) is 0 Å². The van der Waals surface area contributed by atoms with Gasteiger partial charge in [-0.2, -0.15) is 0 Å². The van der Waals surface area contributed by atoms with E-state index in [-0.39, 0.29) is 0 Å². The van der Waals surface area contributed by atoms with Crippen molar-refractivity contribution < 1.29 is 0 Å². The molecule has 0 aliphatic rings. The van der Waals surface area contributed by atoms with Crippen LogP contribution in [0.25, 0.3) is 0 Å². The maximum atomic E-state index is 5.95. The van der Waals surface area contributed by atoms with E-state index in [1.807, 2.05) is 30.3 Å². The van der Waals surface area contributed by atoms with Crippen LogP contribution < -0.4 is 11.1 Å². The summed E-state index contributed by atoms with van der Waals surface area (Å²) >= 11 is 11.9. The molecule has 0 saturated heterocycles. The molecule has 0 atom stereocenters. The molecule has 88 valence electrons. The van der Waals surface area contributed by atoms with Crippen molar-refractivity contribution in [1.82, 2.24) is 0 Å². The van der Waals surface area contributed by atoms with Gasteiger partial charge in [0.2, 0.25) is 0 Å². The molecule has 0 aromatic heterocycles. The summed E-state index contributed by atoms with van der Waals surface area (Å²) in [6.45, 7) is 0.682. The van der Waals surface area contributed by atoms with E-state index in [0.717, 1.165) is 5.69 Å². The van der Waals surface area contributed by atoms with Crippen LogP contribution in [0.4, 0.5) is 11.4 Å². The SMILES string of the molecule is Nc1c(Cl)cc(Cl)cc1NCc1ccccc1. The van der Waals surface area contributed by atoms with E-state index in [0.29, 0.717) is 22.3 Å².